The van der Waals surface area contributed by atoms with Crippen molar-refractivity contribution >= 4 is 33.1 Å². The second kappa shape index (κ2) is 7.86. The number of benzene rings is 1. The van der Waals surface area contributed by atoms with Crippen molar-refractivity contribution in [1.29, 1.82) is 0 Å². The van der Waals surface area contributed by atoms with Crippen LogP contribution in [0.2, 0.25) is 5.15 Å². The van der Waals surface area contributed by atoms with Gasteiger partial charge >= 0.3 is 0 Å². The second-order valence-electron chi connectivity index (χ2n) is 8.65. The molecule has 2 aromatic rings. The normalized spacial score (nSPS) is 27.4. The molecule has 1 fully saturated rings. The van der Waals surface area contributed by atoms with Crippen LogP contribution in [0.3, 0.4) is 0 Å². The van der Waals surface area contributed by atoms with Crippen LogP contribution >= 0.6 is 11.6 Å². The average Bonchev–Trinajstić information content (AvgIpc) is 3.12. The molecular formula is C21H23ClFN5O3S. The maximum atomic E-state index is 14.9. The number of halogens is 2. The fourth-order valence-electron chi connectivity index (χ4n) is 4.46. The van der Waals surface area contributed by atoms with Crippen LogP contribution in [0.5, 0.6) is 0 Å². The first-order chi connectivity index (χ1) is 15.0. The number of nitrogens with two attached hydrogens (primary N) is 1. The van der Waals surface area contributed by atoms with Crippen LogP contribution in [0.15, 0.2) is 35.6 Å². The van der Waals surface area contributed by atoms with Gasteiger partial charge < -0.3 is 10.6 Å². The number of carbonyl (C=O) groups is 1. The molecular weight excluding hydrogens is 457 g/mol. The summed E-state index contributed by atoms with van der Waals surface area (Å²) >= 11 is 5.70. The molecule has 0 saturated carbocycles. The molecule has 2 aliphatic rings. The SMILES string of the molecule is CN1CCC2(C1)C(N)=N[C@](C)(c1cc(CC(=O)c3cnc(Cl)cn3)ccc1F)CS2(=O)=O. The first kappa shape index (κ1) is 22.8. The summed E-state index contributed by atoms with van der Waals surface area (Å²) in [5, 5.41) is 0.165. The largest absolute Gasteiger partial charge is 0.386 e. The molecule has 1 aromatic heterocycles. The van der Waals surface area contributed by atoms with Gasteiger partial charge in [0.1, 0.15) is 32.8 Å². The van der Waals surface area contributed by atoms with Gasteiger partial charge in [0.15, 0.2) is 15.6 Å². The van der Waals surface area contributed by atoms with Crippen molar-refractivity contribution < 1.29 is 17.6 Å². The highest BCUT2D eigenvalue weighted by molar-refractivity contribution is 7.93. The van der Waals surface area contributed by atoms with E-state index in [0.29, 0.717) is 18.5 Å². The van der Waals surface area contributed by atoms with E-state index in [9.17, 15) is 17.6 Å². The van der Waals surface area contributed by atoms with Gasteiger partial charge in [-0.15, -0.1) is 0 Å². The van der Waals surface area contributed by atoms with E-state index in [4.69, 9.17) is 17.3 Å². The summed E-state index contributed by atoms with van der Waals surface area (Å²) in [7, 11) is -1.89. The zero-order chi connectivity index (χ0) is 23.3. The maximum absolute atomic E-state index is 14.9. The molecule has 170 valence electrons. The third-order valence-corrected chi connectivity index (χ3v) is 9.08. The quantitative estimate of drug-likeness (QED) is 0.664. The lowest BCUT2D eigenvalue weighted by Crippen LogP contribution is -2.59. The lowest BCUT2D eigenvalue weighted by molar-refractivity contribution is 0.0987. The van der Waals surface area contributed by atoms with Gasteiger partial charge in [-0.1, -0.05) is 17.7 Å². The zero-order valence-electron chi connectivity index (χ0n) is 17.7. The van der Waals surface area contributed by atoms with Crippen molar-refractivity contribution in [2.24, 2.45) is 10.7 Å². The van der Waals surface area contributed by atoms with Crippen molar-refractivity contribution in [2.45, 2.75) is 30.1 Å². The number of ketones is 1. The van der Waals surface area contributed by atoms with E-state index >= 15 is 0 Å². The summed E-state index contributed by atoms with van der Waals surface area (Å²) < 4.78 is 40.3. The molecule has 0 amide bonds. The fraction of sp³-hybridized carbons (Fsp3) is 0.429. The Kier molecular flexibility index (Phi) is 5.59. The van der Waals surface area contributed by atoms with Crippen LogP contribution in [0.25, 0.3) is 0 Å². The monoisotopic (exact) mass is 479 g/mol. The maximum Gasteiger partial charge on any atom is 0.187 e. The van der Waals surface area contributed by atoms with Crippen molar-refractivity contribution in [3.05, 3.63) is 58.4 Å². The molecule has 1 unspecified atom stereocenters. The highest BCUT2D eigenvalue weighted by Gasteiger charge is 2.57. The van der Waals surface area contributed by atoms with E-state index in [1.807, 2.05) is 11.9 Å². The van der Waals surface area contributed by atoms with Gasteiger partial charge in [-0.2, -0.15) is 0 Å². The summed E-state index contributed by atoms with van der Waals surface area (Å²) in [5.41, 5.74) is 5.52. The van der Waals surface area contributed by atoms with Gasteiger partial charge in [-0.05, 0) is 44.6 Å². The molecule has 1 saturated heterocycles. The molecule has 8 nitrogen and oxygen atoms in total. The molecule has 2 atom stereocenters. The number of likely N-dealkylation sites (tertiary alicyclic amines) is 1. The standard InChI is InChI=1S/C21H23ClFN5O3S/c1-20(12-32(30,31)21(19(24)27-20)5-6-28(2)11-21)14-7-13(3-4-15(14)23)8-17(29)16-9-26-18(22)10-25-16/h3-4,7,9-10H,5-6,8,11-12H2,1-2H3,(H2,24,27)/t20-,21?/m0/s1. The Bertz CT molecular complexity index is 1220. The lowest BCUT2D eigenvalue weighted by atomic mass is 9.90. The summed E-state index contributed by atoms with van der Waals surface area (Å²) in [6, 6.07) is 4.16. The van der Waals surface area contributed by atoms with Crippen molar-refractivity contribution in [2.75, 3.05) is 25.9 Å². The first-order valence-corrected chi connectivity index (χ1v) is 12.1. The molecule has 2 aliphatic heterocycles. The Morgan fingerprint density at radius 3 is 2.66 bits per heavy atom. The molecule has 3 heterocycles. The first-order valence-electron chi connectivity index (χ1n) is 10.0. The molecule has 0 bridgehead atoms. The summed E-state index contributed by atoms with van der Waals surface area (Å²) in [4.78, 5) is 26.8. The lowest BCUT2D eigenvalue weighted by Gasteiger charge is -2.39. The molecule has 0 radical (unpaired) electrons. The Morgan fingerprint density at radius 1 is 1.31 bits per heavy atom. The number of amidine groups is 1. The second-order valence-corrected chi connectivity index (χ2v) is 11.3. The number of Topliss-reactive ketones (excluding diaryl/α,β-unsaturated/α-hetero) is 1. The molecule has 11 heteroatoms. The summed E-state index contributed by atoms with van der Waals surface area (Å²) in [6.07, 6.45) is 2.83. The van der Waals surface area contributed by atoms with Gasteiger partial charge in [0, 0.05) is 18.5 Å². The molecule has 1 spiro atoms. The van der Waals surface area contributed by atoms with Gasteiger partial charge in [0.05, 0.1) is 18.1 Å². The molecule has 32 heavy (non-hydrogen) atoms. The van der Waals surface area contributed by atoms with Crippen molar-refractivity contribution in [3.8, 4) is 0 Å². The third kappa shape index (κ3) is 3.80. The smallest absolute Gasteiger partial charge is 0.187 e. The Labute approximate surface area is 190 Å². The Hall–Kier alpha value is -2.43. The van der Waals surface area contributed by atoms with Gasteiger partial charge in [0.25, 0.3) is 0 Å². The summed E-state index contributed by atoms with van der Waals surface area (Å²) in [6.45, 7) is 2.41. The fourth-order valence-corrected chi connectivity index (χ4v) is 6.98. The van der Waals surface area contributed by atoms with E-state index in [1.54, 1.807) is 6.92 Å². The van der Waals surface area contributed by atoms with Gasteiger partial charge in [-0.3, -0.25) is 9.79 Å². The minimum atomic E-state index is -3.72. The van der Waals surface area contributed by atoms with E-state index in [1.165, 1.54) is 30.6 Å². The topological polar surface area (TPSA) is 119 Å². The average molecular weight is 480 g/mol. The van der Waals surface area contributed by atoms with E-state index < -0.39 is 25.9 Å². The van der Waals surface area contributed by atoms with Crippen molar-refractivity contribution in [1.82, 2.24) is 14.9 Å². The predicted octanol–water partition coefficient (Wildman–Crippen LogP) is 1.77. The van der Waals surface area contributed by atoms with Gasteiger partial charge in [-0.25, -0.2) is 22.8 Å². The molecule has 0 aliphatic carbocycles. The number of hydrogen-bond acceptors (Lipinski definition) is 8. The van der Waals surface area contributed by atoms with Crippen LogP contribution in [0, 0.1) is 5.82 Å². The van der Waals surface area contributed by atoms with Crippen LogP contribution in [0.1, 0.15) is 35.0 Å². The van der Waals surface area contributed by atoms with E-state index in [2.05, 4.69) is 15.0 Å². The van der Waals surface area contributed by atoms with Crippen LogP contribution < -0.4 is 5.73 Å². The van der Waals surface area contributed by atoms with E-state index in [-0.39, 0.29) is 46.7 Å². The molecule has 2 N–H and O–H groups in total. The Balaban J connectivity index is 1.69. The van der Waals surface area contributed by atoms with Crippen molar-refractivity contribution in [3.63, 3.8) is 0 Å². The summed E-state index contributed by atoms with van der Waals surface area (Å²) in [5.74, 6) is -1.30. The minimum absolute atomic E-state index is 0.00733. The van der Waals surface area contributed by atoms with Crippen LogP contribution in [0.4, 0.5) is 4.39 Å². The number of rotatable bonds is 4. The number of aliphatic imine (C=N–C) groups is 1. The number of carbonyl (C=O) groups excluding carboxylic acids is 1. The highest BCUT2D eigenvalue weighted by atomic mass is 35.5. The number of nitrogens with zero attached hydrogens (tertiary/aromatic N) is 4. The Morgan fingerprint density at radius 2 is 2.06 bits per heavy atom. The predicted molar refractivity (Wildman–Crippen MR) is 119 cm³/mol. The molecule has 1 aromatic carbocycles. The van der Waals surface area contributed by atoms with Gasteiger partial charge in [0.2, 0.25) is 0 Å². The molecule has 4 rings (SSSR count). The van der Waals surface area contributed by atoms with Crippen LogP contribution in [-0.4, -0.2) is 65.5 Å². The van der Waals surface area contributed by atoms with E-state index in [0.717, 1.165) is 0 Å². The zero-order valence-corrected chi connectivity index (χ0v) is 19.2. The van der Waals surface area contributed by atoms with Crippen LogP contribution in [-0.2, 0) is 21.8 Å². The number of hydrogen-bond donors (Lipinski definition) is 1. The highest BCUT2D eigenvalue weighted by Crippen LogP contribution is 2.41. The number of aromatic nitrogens is 2. The number of sulfone groups is 1. The minimum Gasteiger partial charge on any atom is -0.386 e. The third-order valence-electron chi connectivity index (χ3n) is 6.20.